The Morgan fingerprint density at radius 3 is 2.50 bits per heavy atom. The number of methoxy groups -OCH3 is 1. The van der Waals surface area contributed by atoms with Gasteiger partial charge in [-0.15, -0.1) is 11.8 Å². The van der Waals surface area contributed by atoms with Gasteiger partial charge in [0.05, 0.1) is 24.6 Å². The van der Waals surface area contributed by atoms with Gasteiger partial charge in [0.15, 0.2) is 0 Å². The van der Waals surface area contributed by atoms with E-state index in [1.165, 1.54) is 25.7 Å². The van der Waals surface area contributed by atoms with Gasteiger partial charge in [-0.25, -0.2) is 5.01 Å². The maximum Gasteiger partial charge on any atom is 0.253 e. The van der Waals surface area contributed by atoms with Crippen molar-refractivity contribution in [1.82, 2.24) is 5.01 Å². The smallest absolute Gasteiger partial charge is 0.253 e. The third-order valence-corrected chi connectivity index (χ3v) is 6.87. The van der Waals surface area contributed by atoms with Crippen molar-refractivity contribution >= 4 is 23.4 Å². The number of carbonyl (C=O) groups excluding carboxylic acids is 1. The van der Waals surface area contributed by atoms with Crippen molar-refractivity contribution in [2.45, 2.75) is 43.4 Å². The average Bonchev–Trinajstić information content (AvgIpc) is 3.43. The Morgan fingerprint density at radius 2 is 1.82 bits per heavy atom. The molecular formula is C23H26N2O2S. The molecule has 2 aromatic rings. The second kappa shape index (κ2) is 8.82. The molecule has 146 valence electrons. The van der Waals surface area contributed by atoms with Gasteiger partial charge in [0.25, 0.3) is 5.91 Å². The van der Waals surface area contributed by atoms with Gasteiger partial charge in [0, 0.05) is 11.7 Å². The highest BCUT2D eigenvalue weighted by molar-refractivity contribution is 8.00. The molecule has 1 aliphatic heterocycles. The number of hydrogen-bond donors (Lipinski definition) is 0. The van der Waals surface area contributed by atoms with Crippen molar-refractivity contribution in [3.05, 3.63) is 65.7 Å². The Bertz CT molecular complexity index is 829. The van der Waals surface area contributed by atoms with Crippen molar-refractivity contribution < 1.29 is 9.53 Å². The SMILES string of the molecule is COc1ccc([C@H]2CC(c3ccccc3)=NN2C(=O)CSC2CCCC2)cc1. The van der Waals surface area contributed by atoms with Crippen LogP contribution < -0.4 is 4.74 Å². The first kappa shape index (κ1) is 19.1. The second-order valence-corrected chi connectivity index (χ2v) is 8.65. The molecule has 1 aliphatic carbocycles. The van der Waals surface area contributed by atoms with E-state index >= 15 is 0 Å². The molecular weight excluding hydrogens is 368 g/mol. The molecule has 2 aliphatic rings. The molecule has 1 fully saturated rings. The Labute approximate surface area is 171 Å². The number of nitrogens with zero attached hydrogens (tertiary/aromatic N) is 2. The van der Waals surface area contributed by atoms with Gasteiger partial charge in [-0.2, -0.15) is 5.10 Å². The van der Waals surface area contributed by atoms with Crippen LogP contribution in [-0.4, -0.2) is 34.7 Å². The summed E-state index contributed by atoms with van der Waals surface area (Å²) in [4.78, 5) is 13.1. The monoisotopic (exact) mass is 394 g/mol. The lowest BCUT2D eigenvalue weighted by Crippen LogP contribution is -2.29. The first-order valence-corrected chi connectivity index (χ1v) is 11.0. The third-order valence-electron chi connectivity index (χ3n) is 5.52. The maximum atomic E-state index is 13.1. The molecule has 1 heterocycles. The summed E-state index contributed by atoms with van der Waals surface area (Å²) in [5.41, 5.74) is 3.15. The molecule has 5 heteroatoms. The number of ether oxygens (including phenoxy) is 1. The summed E-state index contributed by atoms with van der Waals surface area (Å²) in [6, 6.07) is 18.1. The van der Waals surface area contributed by atoms with Crippen molar-refractivity contribution in [2.75, 3.05) is 12.9 Å². The fourth-order valence-electron chi connectivity index (χ4n) is 3.94. The van der Waals surface area contributed by atoms with Gasteiger partial charge in [0.1, 0.15) is 5.75 Å². The highest BCUT2D eigenvalue weighted by Gasteiger charge is 2.33. The molecule has 0 unspecified atom stereocenters. The number of carbonyl (C=O) groups is 1. The van der Waals surface area contributed by atoms with Crippen molar-refractivity contribution in [1.29, 1.82) is 0 Å². The Morgan fingerprint density at radius 1 is 1.11 bits per heavy atom. The summed E-state index contributed by atoms with van der Waals surface area (Å²) < 4.78 is 5.28. The molecule has 0 radical (unpaired) electrons. The van der Waals surface area contributed by atoms with Gasteiger partial charge < -0.3 is 4.74 Å². The van der Waals surface area contributed by atoms with E-state index in [9.17, 15) is 4.79 Å². The van der Waals surface area contributed by atoms with E-state index < -0.39 is 0 Å². The minimum atomic E-state index is -0.0576. The second-order valence-electron chi connectivity index (χ2n) is 7.36. The Kier molecular flexibility index (Phi) is 6.01. The lowest BCUT2D eigenvalue weighted by atomic mass is 9.98. The molecule has 0 saturated heterocycles. The van der Waals surface area contributed by atoms with E-state index in [4.69, 9.17) is 9.84 Å². The number of rotatable bonds is 6. The zero-order chi connectivity index (χ0) is 19.3. The molecule has 28 heavy (non-hydrogen) atoms. The first-order chi connectivity index (χ1) is 13.7. The van der Waals surface area contributed by atoms with Crippen molar-refractivity contribution in [3.63, 3.8) is 0 Å². The van der Waals surface area contributed by atoms with E-state index in [-0.39, 0.29) is 11.9 Å². The fourth-order valence-corrected chi connectivity index (χ4v) is 5.12. The molecule has 4 rings (SSSR count). The number of benzene rings is 2. The molecule has 1 atom stereocenters. The van der Waals surface area contributed by atoms with Gasteiger partial charge >= 0.3 is 0 Å². The zero-order valence-electron chi connectivity index (χ0n) is 16.2. The van der Waals surface area contributed by atoms with E-state index in [2.05, 4.69) is 12.1 Å². The maximum absolute atomic E-state index is 13.1. The van der Waals surface area contributed by atoms with Gasteiger partial charge in [-0.1, -0.05) is 55.3 Å². The average molecular weight is 395 g/mol. The Balaban J connectivity index is 1.55. The van der Waals surface area contributed by atoms with Crippen LogP contribution in [0.25, 0.3) is 0 Å². The minimum Gasteiger partial charge on any atom is -0.497 e. The van der Waals surface area contributed by atoms with Crippen molar-refractivity contribution in [2.24, 2.45) is 5.10 Å². The van der Waals surface area contributed by atoms with Crippen LogP contribution in [0.3, 0.4) is 0 Å². The van der Waals surface area contributed by atoms with Gasteiger partial charge in [0.2, 0.25) is 0 Å². The Hall–Kier alpha value is -2.27. The summed E-state index contributed by atoms with van der Waals surface area (Å²) in [6.45, 7) is 0. The van der Waals surface area contributed by atoms with Crippen LogP contribution in [0.5, 0.6) is 5.75 Å². The van der Waals surface area contributed by atoms with Crippen LogP contribution in [0.15, 0.2) is 59.7 Å². The van der Waals surface area contributed by atoms with Gasteiger partial charge in [-0.3, -0.25) is 4.79 Å². The third kappa shape index (κ3) is 4.25. The van der Waals surface area contributed by atoms with E-state index in [1.54, 1.807) is 23.9 Å². The lowest BCUT2D eigenvalue weighted by molar-refractivity contribution is -0.130. The predicted molar refractivity (Wildman–Crippen MR) is 115 cm³/mol. The molecule has 1 saturated carbocycles. The number of thioether (sulfide) groups is 1. The van der Waals surface area contributed by atoms with Crippen LogP contribution in [-0.2, 0) is 4.79 Å². The molecule has 1 amide bonds. The van der Waals surface area contributed by atoms with Crippen molar-refractivity contribution in [3.8, 4) is 5.75 Å². The molecule has 0 aromatic heterocycles. The molecule has 0 N–H and O–H groups in total. The van der Waals surface area contributed by atoms with Crippen LogP contribution in [0, 0.1) is 0 Å². The van der Waals surface area contributed by atoms with E-state index in [1.807, 2.05) is 42.5 Å². The molecule has 4 nitrogen and oxygen atoms in total. The summed E-state index contributed by atoms with van der Waals surface area (Å²) in [5, 5.41) is 7.10. The number of amides is 1. The summed E-state index contributed by atoms with van der Waals surface area (Å²) in [6.07, 6.45) is 5.79. The lowest BCUT2D eigenvalue weighted by Gasteiger charge is -2.22. The molecule has 0 spiro atoms. The summed E-state index contributed by atoms with van der Waals surface area (Å²) >= 11 is 1.80. The topological polar surface area (TPSA) is 41.9 Å². The van der Waals surface area contributed by atoms with Crippen LogP contribution in [0.1, 0.15) is 49.3 Å². The van der Waals surface area contributed by atoms with Gasteiger partial charge in [-0.05, 0) is 36.1 Å². The number of hydrogen-bond acceptors (Lipinski definition) is 4. The highest BCUT2D eigenvalue weighted by atomic mass is 32.2. The predicted octanol–water partition coefficient (Wildman–Crippen LogP) is 5.05. The minimum absolute atomic E-state index is 0.0576. The highest BCUT2D eigenvalue weighted by Crippen LogP contribution is 2.35. The normalized spacial score (nSPS) is 19.7. The first-order valence-electron chi connectivity index (χ1n) is 9.95. The van der Waals surface area contributed by atoms with E-state index in [0.29, 0.717) is 11.0 Å². The standard InChI is InChI=1S/C23H26N2O2S/c1-27-19-13-11-18(12-14-19)22-15-21(17-7-3-2-4-8-17)24-25(22)23(26)16-28-20-9-5-6-10-20/h2-4,7-8,11-14,20,22H,5-6,9-10,15-16H2,1H3/t22-/m1/s1. The molecule has 0 bridgehead atoms. The summed E-state index contributed by atoms with van der Waals surface area (Å²) in [5.74, 6) is 1.42. The quantitative estimate of drug-likeness (QED) is 0.689. The van der Waals surface area contributed by atoms with E-state index in [0.717, 1.165) is 29.0 Å². The van der Waals surface area contributed by atoms with Crippen LogP contribution >= 0.6 is 11.8 Å². The zero-order valence-corrected chi connectivity index (χ0v) is 17.0. The van der Waals surface area contributed by atoms with Crippen LogP contribution in [0.4, 0.5) is 0 Å². The molecule has 2 aromatic carbocycles. The fraction of sp³-hybridized carbons (Fsp3) is 0.391. The number of hydrazone groups is 1. The van der Waals surface area contributed by atoms with Crippen LogP contribution in [0.2, 0.25) is 0 Å². The largest absolute Gasteiger partial charge is 0.497 e. The summed E-state index contributed by atoms with van der Waals surface area (Å²) in [7, 11) is 1.66.